The van der Waals surface area contributed by atoms with Gasteiger partial charge in [-0.1, -0.05) is 24.6 Å². The smallest absolute Gasteiger partial charge is 0.189 e. The maximum atomic E-state index is 5.99. The van der Waals surface area contributed by atoms with Crippen molar-refractivity contribution in [3.8, 4) is 5.75 Å². The van der Waals surface area contributed by atoms with Crippen molar-refractivity contribution in [2.45, 2.75) is 31.7 Å². The monoisotopic (exact) mass is 387 g/mol. The average molecular weight is 387 g/mol. The van der Waals surface area contributed by atoms with Gasteiger partial charge in [0.15, 0.2) is 5.96 Å². The SMILES string of the molecule is I.NC(=NCC1CCC1)NC1CCOc2ccccc21. The molecule has 1 heterocycles. The summed E-state index contributed by atoms with van der Waals surface area (Å²) in [7, 11) is 0. The molecule has 5 heteroatoms. The molecule has 1 aliphatic heterocycles. The zero-order valence-corrected chi connectivity index (χ0v) is 13.9. The lowest BCUT2D eigenvalue weighted by atomic mass is 9.86. The molecule has 20 heavy (non-hydrogen) atoms. The van der Waals surface area contributed by atoms with E-state index in [1.165, 1.54) is 24.8 Å². The number of nitrogens with one attached hydrogen (secondary N) is 1. The molecule has 1 unspecified atom stereocenters. The Balaban J connectivity index is 0.00000147. The van der Waals surface area contributed by atoms with Crippen LogP contribution in [0.4, 0.5) is 0 Å². The molecule has 1 aliphatic carbocycles. The summed E-state index contributed by atoms with van der Waals surface area (Å²) in [5.41, 5.74) is 7.16. The number of guanidine groups is 1. The zero-order chi connectivity index (χ0) is 13.1. The predicted molar refractivity (Wildman–Crippen MR) is 91.7 cm³/mol. The van der Waals surface area contributed by atoms with Crippen LogP contribution in [0.25, 0.3) is 0 Å². The normalized spacial score (nSPS) is 22.0. The van der Waals surface area contributed by atoms with Gasteiger partial charge in [0.2, 0.25) is 0 Å². The first-order chi connectivity index (χ1) is 9.33. The number of para-hydroxylation sites is 1. The summed E-state index contributed by atoms with van der Waals surface area (Å²) in [5, 5.41) is 3.33. The number of fused-ring (bicyclic) bond motifs is 1. The van der Waals surface area contributed by atoms with Crippen LogP contribution in [0, 0.1) is 5.92 Å². The minimum Gasteiger partial charge on any atom is -0.493 e. The van der Waals surface area contributed by atoms with Crippen LogP contribution in [0.3, 0.4) is 0 Å². The second kappa shape index (κ2) is 7.15. The molecule has 4 nitrogen and oxygen atoms in total. The van der Waals surface area contributed by atoms with Crippen molar-refractivity contribution >= 4 is 29.9 Å². The van der Waals surface area contributed by atoms with E-state index in [1.54, 1.807) is 0 Å². The molecule has 0 aromatic heterocycles. The first-order valence-corrected chi connectivity index (χ1v) is 7.11. The van der Waals surface area contributed by atoms with Gasteiger partial charge in [0, 0.05) is 18.5 Å². The third kappa shape index (κ3) is 3.56. The molecule has 110 valence electrons. The molecule has 0 saturated heterocycles. The van der Waals surface area contributed by atoms with Crippen LogP contribution in [0.2, 0.25) is 0 Å². The molecule has 1 saturated carbocycles. The first kappa shape index (κ1) is 15.4. The largest absolute Gasteiger partial charge is 0.493 e. The molecule has 1 aromatic carbocycles. The van der Waals surface area contributed by atoms with Crippen LogP contribution in [0.5, 0.6) is 5.75 Å². The Bertz CT molecular complexity index is 474. The number of nitrogens with zero attached hydrogens (tertiary/aromatic N) is 1. The third-order valence-electron chi connectivity index (χ3n) is 4.03. The Hall–Kier alpha value is -0.980. The lowest BCUT2D eigenvalue weighted by molar-refractivity contribution is 0.262. The molecule has 0 amide bonds. The molecular formula is C15H22IN3O. The highest BCUT2D eigenvalue weighted by atomic mass is 127. The Kier molecular flexibility index (Phi) is 5.51. The van der Waals surface area contributed by atoms with Crippen LogP contribution in [-0.2, 0) is 0 Å². The van der Waals surface area contributed by atoms with E-state index in [1.807, 2.05) is 18.2 Å². The van der Waals surface area contributed by atoms with Gasteiger partial charge in [-0.3, -0.25) is 4.99 Å². The summed E-state index contributed by atoms with van der Waals surface area (Å²) >= 11 is 0. The molecule has 0 bridgehead atoms. The highest BCUT2D eigenvalue weighted by molar-refractivity contribution is 14.0. The van der Waals surface area contributed by atoms with Crippen LogP contribution in [-0.4, -0.2) is 19.1 Å². The molecule has 0 radical (unpaired) electrons. The lowest BCUT2D eigenvalue weighted by Gasteiger charge is -2.27. The zero-order valence-electron chi connectivity index (χ0n) is 11.5. The molecule has 3 N–H and O–H groups in total. The Morgan fingerprint density at radius 1 is 1.30 bits per heavy atom. The molecule has 1 fully saturated rings. The van der Waals surface area contributed by atoms with E-state index >= 15 is 0 Å². The number of hydrogen-bond acceptors (Lipinski definition) is 2. The summed E-state index contributed by atoms with van der Waals surface area (Å²) in [6.45, 7) is 1.59. The van der Waals surface area contributed by atoms with Crippen molar-refractivity contribution in [2.24, 2.45) is 16.6 Å². The number of hydrogen-bond donors (Lipinski definition) is 2. The molecule has 1 atom stereocenters. The fourth-order valence-electron chi connectivity index (χ4n) is 2.62. The van der Waals surface area contributed by atoms with Crippen molar-refractivity contribution in [3.05, 3.63) is 29.8 Å². The van der Waals surface area contributed by atoms with E-state index in [2.05, 4.69) is 16.4 Å². The van der Waals surface area contributed by atoms with Gasteiger partial charge >= 0.3 is 0 Å². The van der Waals surface area contributed by atoms with Crippen LogP contribution >= 0.6 is 24.0 Å². The fraction of sp³-hybridized carbons (Fsp3) is 0.533. The van der Waals surface area contributed by atoms with Gasteiger partial charge in [0.05, 0.1) is 12.6 Å². The standard InChI is InChI=1S/C15H21N3O.HI/c16-15(17-10-11-4-3-5-11)18-13-8-9-19-14-7-2-1-6-12(13)14;/h1-2,6-7,11,13H,3-5,8-10H2,(H3,16,17,18);1H. The van der Waals surface area contributed by atoms with Gasteiger partial charge in [0.25, 0.3) is 0 Å². The third-order valence-corrected chi connectivity index (χ3v) is 4.03. The molecular weight excluding hydrogens is 365 g/mol. The van der Waals surface area contributed by atoms with Crippen molar-refractivity contribution in [1.29, 1.82) is 0 Å². The minimum atomic E-state index is 0. The second-order valence-corrected chi connectivity index (χ2v) is 5.39. The van der Waals surface area contributed by atoms with Crippen molar-refractivity contribution in [3.63, 3.8) is 0 Å². The fourth-order valence-corrected chi connectivity index (χ4v) is 2.62. The highest BCUT2D eigenvalue weighted by Crippen LogP contribution is 2.31. The molecule has 3 rings (SSSR count). The number of halogens is 1. The first-order valence-electron chi connectivity index (χ1n) is 7.11. The van der Waals surface area contributed by atoms with Gasteiger partial charge in [-0.15, -0.1) is 24.0 Å². The van der Waals surface area contributed by atoms with Gasteiger partial charge < -0.3 is 15.8 Å². The van der Waals surface area contributed by atoms with E-state index < -0.39 is 0 Å². The van der Waals surface area contributed by atoms with Gasteiger partial charge in [0.1, 0.15) is 5.75 Å². The van der Waals surface area contributed by atoms with E-state index in [0.717, 1.165) is 31.2 Å². The van der Waals surface area contributed by atoms with E-state index in [9.17, 15) is 0 Å². The number of benzene rings is 1. The van der Waals surface area contributed by atoms with Gasteiger partial charge in [-0.25, -0.2) is 0 Å². The van der Waals surface area contributed by atoms with E-state index in [4.69, 9.17) is 10.5 Å². The summed E-state index contributed by atoms with van der Waals surface area (Å²) in [5.74, 6) is 2.27. The Morgan fingerprint density at radius 3 is 2.85 bits per heavy atom. The van der Waals surface area contributed by atoms with Gasteiger partial charge in [-0.2, -0.15) is 0 Å². The maximum Gasteiger partial charge on any atom is 0.189 e. The minimum absolute atomic E-state index is 0. The van der Waals surface area contributed by atoms with Crippen LogP contribution < -0.4 is 15.8 Å². The van der Waals surface area contributed by atoms with Crippen LogP contribution in [0.1, 0.15) is 37.3 Å². The maximum absolute atomic E-state index is 5.99. The van der Waals surface area contributed by atoms with E-state index in [0.29, 0.717) is 5.96 Å². The Morgan fingerprint density at radius 2 is 2.10 bits per heavy atom. The molecule has 2 aliphatic rings. The summed E-state index contributed by atoms with van der Waals surface area (Å²) in [6.07, 6.45) is 4.88. The number of aliphatic imine (C=N–C) groups is 1. The number of ether oxygens (including phenoxy) is 1. The summed E-state index contributed by atoms with van der Waals surface area (Å²) in [4.78, 5) is 4.46. The summed E-state index contributed by atoms with van der Waals surface area (Å²) < 4.78 is 5.64. The molecule has 0 spiro atoms. The topological polar surface area (TPSA) is 59.6 Å². The molecule has 1 aromatic rings. The lowest BCUT2D eigenvalue weighted by Crippen LogP contribution is -2.37. The quantitative estimate of drug-likeness (QED) is 0.477. The average Bonchev–Trinajstić information content (AvgIpc) is 2.37. The van der Waals surface area contributed by atoms with E-state index in [-0.39, 0.29) is 30.0 Å². The highest BCUT2D eigenvalue weighted by Gasteiger charge is 2.21. The van der Waals surface area contributed by atoms with Crippen molar-refractivity contribution in [1.82, 2.24) is 5.32 Å². The second-order valence-electron chi connectivity index (χ2n) is 5.39. The van der Waals surface area contributed by atoms with Crippen molar-refractivity contribution in [2.75, 3.05) is 13.2 Å². The predicted octanol–water partition coefficient (Wildman–Crippen LogP) is 2.83. The van der Waals surface area contributed by atoms with Crippen molar-refractivity contribution < 1.29 is 4.74 Å². The Labute approximate surface area is 137 Å². The number of nitrogens with two attached hydrogens (primary N) is 1. The number of rotatable bonds is 3. The van der Waals surface area contributed by atoms with Crippen LogP contribution in [0.15, 0.2) is 29.3 Å². The summed E-state index contributed by atoms with van der Waals surface area (Å²) in [6, 6.07) is 8.34. The van der Waals surface area contributed by atoms with Gasteiger partial charge in [-0.05, 0) is 24.8 Å².